The summed E-state index contributed by atoms with van der Waals surface area (Å²) in [5.41, 5.74) is 0.708. The maximum absolute atomic E-state index is 12.4. The van der Waals surface area contributed by atoms with Crippen molar-refractivity contribution in [2.75, 3.05) is 6.54 Å². The largest absolute Gasteiger partial charge is 0.480 e. The van der Waals surface area contributed by atoms with Crippen LogP contribution in [0.4, 0.5) is 0 Å². The summed E-state index contributed by atoms with van der Waals surface area (Å²) in [6.45, 7) is 4.23. The molecule has 1 aliphatic heterocycles. The number of piperidine rings is 1. The molecule has 0 bridgehead atoms. The van der Waals surface area contributed by atoms with Crippen molar-refractivity contribution in [3.63, 3.8) is 0 Å². The molecule has 19 heavy (non-hydrogen) atoms. The Bertz CT molecular complexity index is 511. The lowest BCUT2D eigenvalue weighted by molar-refractivity contribution is -0.144. The summed E-state index contributed by atoms with van der Waals surface area (Å²) < 4.78 is 5.79. The number of carbonyl (C=O) groups excluding carboxylic acids is 1. The lowest BCUT2D eigenvalue weighted by Gasteiger charge is -2.35. The van der Waals surface area contributed by atoms with Gasteiger partial charge in [-0.2, -0.15) is 0 Å². The Kier molecular flexibility index (Phi) is 3.99. The second-order valence-electron chi connectivity index (χ2n) is 5.04. The lowest BCUT2D eigenvalue weighted by atomic mass is 9.92. The van der Waals surface area contributed by atoms with Crippen LogP contribution in [0.15, 0.2) is 15.2 Å². The van der Waals surface area contributed by atoms with Crippen LogP contribution >= 0.6 is 15.9 Å². The van der Waals surface area contributed by atoms with Crippen molar-refractivity contribution < 1.29 is 19.1 Å². The topological polar surface area (TPSA) is 70.8 Å². The molecule has 1 aromatic heterocycles. The molecular formula is C13H16BrNO4. The molecule has 0 radical (unpaired) electrons. The number of nitrogens with zero attached hydrogens (tertiary/aromatic N) is 1. The van der Waals surface area contributed by atoms with Crippen LogP contribution in [0.25, 0.3) is 0 Å². The predicted molar refractivity (Wildman–Crippen MR) is 72.0 cm³/mol. The van der Waals surface area contributed by atoms with Gasteiger partial charge in [-0.15, -0.1) is 0 Å². The molecule has 6 heteroatoms. The highest BCUT2D eigenvalue weighted by atomic mass is 79.9. The average molecular weight is 330 g/mol. The van der Waals surface area contributed by atoms with Gasteiger partial charge in [-0.1, -0.05) is 6.92 Å². The van der Waals surface area contributed by atoms with Crippen LogP contribution in [0.1, 0.15) is 35.9 Å². The molecule has 1 amide bonds. The monoisotopic (exact) mass is 329 g/mol. The third kappa shape index (κ3) is 2.83. The molecule has 0 spiro atoms. The number of rotatable bonds is 2. The van der Waals surface area contributed by atoms with Crippen molar-refractivity contribution in [3.05, 3.63) is 22.1 Å². The number of aliphatic carboxylic acids is 1. The minimum atomic E-state index is -0.955. The van der Waals surface area contributed by atoms with E-state index in [1.165, 1.54) is 4.90 Å². The molecule has 1 aliphatic rings. The van der Waals surface area contributed by atoms with Crippen LogP contribution in [0.5, 0.6) is 0 Å². The Morgan fingerprint density at radius 1 is 1.53 bits per heavy atom. The van der Waals surface area contributed by atoms with Gasteiger partial charge < -0.3 is 14.4 Å². The highest BCUT2D eigenvalue weighted by molar-refractivity contribution is 9.10. The molecular weight excluding hydrogens is 314 g/mol. The van der Waals surface area contributed by atoms with E-state index in [0.717, 1.165) is 6.42 Å². The fourth-order valence-corrected chi connectivity index (χ4v) is 2.91. The van der Waals surface area contributed by atoms with Crippen molar-refractivity contribution in [2.24, 2.45) is 5.92 Å². The summed E-state index contributed by atoms with van der Waals surface area (Å²) in [5, 5.41) is 9.26. The minimum Gasteiger partial charge on any atom is -0.480 e. The van der Waals surface area contributed by atoms with Gasteiger partial charge in [-0.25, -0.2) is 4.79 Å². The quantitative estimate of drug-likeness (QED) is 0.905. The first kappa shape index (κ1) is 14.1. The van der Waals surface area contributed by atoms with E-state index in [9.17, 15) is 14.7 Å². The van der Waals surface area contributed by atoms with E-state index in [0.29, 0.717) is 29.1 Å². The van der Waals surface area contributed by atoms with Crippen LogP contribution in [-0.4, -0.2) is 34.5 Å². The molecule has 1 N–H and O–H groups in total. The first-order valence-electron chi connectivity index (χ1n) is 6.20. The number of aryl methyl sites for hydroxylation is 1. The highest BCUT2D eigenvalue weighted by Gasteiger charge is 2.36. The van der Waals surface area contributed by atoms with Gasteiger partial charge in [0.25, 0.3) is 5.91 Å². The fourth-order valence-electron chi connectivity index (χ4n) is 2.40. The van der Waals surface area contributed by atoms with E-state index in [4.69, 9.17) is 4.42 Å². The average Bonchev–Trinajstić information content (AvgIpc) is 2.67. The summed E-state index contributed by atoms with van der Waals surface area (Å²) in [6.07, 6.45) is 1.30. The number of amides is 1. The Balaban J connectivity index is 2.26. The van der Waals surface area contributed by atoms with Crippen LogP contribution in [0, 0.1) is 12.8 Å². The Labute approximate surface area is 119 Å². The van der Waals surface area contributed by atoms with Crippen LogP contribution in [-0.2, 0) is 4.79 Å². The van der Waals surface area contributed by atoms with Crippen molar-refractivity contribution >= 4 is 27.8 Å². The zero-order valence-electron chi connectivity index (χ0n) is 10.9. The van der Waals surface area contributed by atoms with E-state index in [2.05, 4.69) is 15.9 Å². The van der Waals surface area contributed by atoms with Gasteiger partial charge in [0.1, 0.15) is 6.04 Å². The van der Waals surface area contributed by atoms with Gasteiger partial charge in [0.15, 0.2) is 10.4 Å². The third-order valence-corrected chi connectivity index (χ3v) is 3.88. The maximum atomic E-state index is 12.4. The molecule has 0 saturated carbocycles. The van der Waals surface area contributed by atoms with Crippen molar-refractivity contribution in [1.29, 1.82) is 0 Å². The number of halogens is 1. The Morgan fingerprint density at radius 2 is 2.21 bits per heavy atom. The number of carboxylic acid groups (broad SMARTS) is 1. The smallest absolute Gasteiger partial charge is 0.326 e. The van der Waals surface area contributed by atoms with Crippen molar-refractivity contribution in [2.45, 2.75) is 32.7 Å². The molecule has 0 aliphatic carbocycles. The Hall–Kier alpha value is -1.30. The molecule has 0 aromatic carbocycles. The van der Waals surface area contributed by atoms with Gasteiger partial charge in [0, 0.05) is 12.1 Å². The normalized spacial score (nSPS) is 23.4. The Morgan fingerprint density at radius 3 is 2.74 bits per heavy atom. The summed E-state index contributed by atoms with van der Waals surface area (Å²) in [4.78, 5) is 25.1. The predicted octanol–water partition coefficient (Wildman–Crippen LogP) is 2.68. The molecule has 2 unspecified atom stereocenters. The SMILES string of the molecule is Cc1cc(Br)oc1C(=O)N1CCC(C)CC1C(=O)O. The molecule has 2 heterocycles. The van der Waals surface area contributed by atoms with Gasteiger partial charge in [0.2, 0.25) is 0 Å². The second-order valence-corrected chi connectivity index (χ2v) is 5.83. The summed E-state index contributed by atoms with van der Waals surface area (Å²) in [6, 6.07) is 0.940. The minimum absolute atomic E-state index is 0.215. The number of hydrogen-bond acceptors (Lipinski definition) is 3. The zero-order chi connectivity index (χ0) is 14.2. The van der Waals surface area contributed by atoms with Gasteiger partial charge in [0.05, 0.1) is 0 Å². The molecule has 104 valence electrons. The number of carbonyl (C=O) groups is 2. The van der Waals surface area contributed by atoms with E-state index < -0.39 is 12.0 Å². The van der Waals surface area contributed by atoms with E-state index in [-0.39, 0.29) is 11.7 Å². The van der Waals surface area contributed by atoms with Crippen molar-refractivity contribution in [3.8, 4) is 0 Å². The molecule has 2 atom stereocenters. The van der Waals surface area contributed by atoms with Crippen LogP contribution < -0.4 is 0 Å². The number of hydrogen-bond donors (Lipinski definition) is 1. The van der Waals surface area contributed by atoms with Gasteiger partial charge in [-0.3, -0.25) is 4.79 Å². The van der Waals surface area contributed by atoms with Crippen LogP contribution in [0.2, 0.25) is 0 Å². The number of likely N-dealkylation sites (tertiary alicyclic amines) is 1. The summed E-state index contributed by atoms with van der Waals surface area (Å²) >= 11 is 3.18. The first-order chi connectivity index (χ1) is 8.90. The second kappa shape index (κ2) is 5.36. The summed E-state index contributed by atoms with van der Waals surface area (Å²) in [5.74, 6) is -0.770. The van der Waals surface area contributed by atoms with E-state index in [1.807, 2.05) is 6.92 Å². The molecule has 1 aromatic rings. The van der Waals surface area contributed by atoms with Gasteiger partial charge >= 0.3 is 5.97 Å². The lowest BCUT2D eigenvalue weighted by Crippen LogP contribution is -2.49. The first-order valence-corrected chi connectivity index (χ1v) is 6.99. The third-order valence-electron chi connectivity index (χ3n) is 3.49. The molecule has 2 rings (SSSR count). The summed E-state index contributed by atoms with van der Waals surface area (Å²) in [7, 11) is 0. The molecule has 1 fully saturated rings. The maximum Gasteiger partial charge on any atom is 0.326 e. The standard InChI is InChI=1S/C13H16BrNO4/c1-7-3-4-15(9(5-7)13(17)18)12(16)11-8(2)6-10(14)19-11/h6-7,9H,3-5H2,1-2H3,(H,17,18). The van der Waals surface area contributed by atoms with E-state index in [1.54, 1.807) is 13.0 Å². The fraction of sp³-hybridized carbons (Fsp3) is 0.538. The van der Waals surface area contributed by atoms with Crippen LogP contribution in [0.3, 0.4) is 0 Å². The number of furan rings is 1. The van der Waals surface area contributed by atoms with Crippen molar-refractivity contribution in [1.82, 2.24) is 4.90 Å². The number of carboxylic acids is 1. The highest BCUT2D eigenvalue weighted by Crippen LogP contribution is 2.27. The van der Waals surface area contributed by atoms with E-state index >= 15 is 0 Å². The molecule has 1 saturated heterocycles. The molecule has 5 nitrogen and oxygen atoms in total. The zero-order valence-corrected chi connectivity index (χ0v) is 12.4. The van der Waals surface area contributed by atoms with Gasteiger partial charge in [-0.05, 0) is 47.7 Å².